The van der Waals surface area contributed by atoms with E-state index in [1.54, 1.807) is 6.20 Å². The zero-order valence-corrected chi connectivity index (χ0v) is 12.7. The van der Waals surface area contributed by atoms with Gasteiger partial charge >= 0.3 is 6.09 Å². The summed E-state index contributed by atoms with van der Waals surface area (Å²) in [6.45, 7) is 0. The Labute approximate surface area is 124 Å². The van der Waals surface area contributed by atoms with E-state index in [0.717, 1.165) is 17.1 Å². The Bertz CT molecular complexity index is 604. The first-order chi connectivity index (χ1) is 10.0. The Hall–Kier alpha value is -2.50. The highest BCUT2D eigenvalue weighted by Crippen LogP contribution is 2.23. The SMILES string of the molecule is COC(=O)NC(c1ccc(N(C)C)cc1)c1nccn1C. The molecule has 0 bridgehead atoms. The molecule has 1 aromatic heterocycles. The molecule has 1 unspecified atom stereocenters. The lowest BCUT2D eigenvalue weighted by atomic mass is 10.1. The monoisotopic (exact) mass is 288 g/mol. The van der Waals surface area contributed by atoms with Gasteiger partial charge < -0.3 is 19.5 Å². The molecule has 112 valence electrons. The summed E-state index contributed by atoms with van der Waals surface area (Å²) in [5, 5.41) is 2.82. The summed E-state index contributed by atoms with van der Waals surface area (Å²) in [6, 6.07) is 7.61. The summed E-state index contributed by atoms with van der Waals surface area (Å²) in [5.41, 5.74) is 2.04. The van der Waals surface area contributed by atoms with E-state index in [9.17, 15) is 4.79 Å². The van der Waals surface area contributed by atoms with Crippen LogP contribution >= 0.6 is 0 Å². The van der Waals surface area contributed by atoms with Crippen LogP contribution in [0.5, 0.6) is 0 Å². The number of nitrogens with zero attached hydrogens (tertiary/aromatic N) is 3. The van der Waals surface area contributed by atoms with E-state index in [1.807, 2.05) is 61.1 Å². The van der Waals surface area contributed by atoms with Gasteiger partial charge in [0.2, 0.25) is 0 Å². The zero-order chi connectivity index (χ0) is 15.4. The van der Waals surface area contributed by atoms with Crippen molar-refractivity contribution in [2.24, 2.45) is 7.05 Å². The molecule has 0 fully saturated rings. The minimum Gasteiger partial charge on any atom is -0.453 e. The minimum atomic E-state index is -0.486. The fourth-order valence-electron chi connectivity index (χ4n) is 2.09. The lowest BCUT2D eigenvalue weighted by Gasteiger charge is -2.19. The highest BCUT2D eigenvalue weighted by molar-refractivity contribution is 5.68. The smallest absolute Gasteiger partial charge is 0.407 e. The maximum absolute atomic E-state index is 11.6. The number of hydrogen-bond acceptors (Lipinski definition) is 4. The minimum absolute atomic E-state index is 0.353. The van der Waals surface area contributed by atoms with Crippen LogP contribution in [0.25, 0.3) is 0 Å². The molecule has 1 heterocycles. The summed E-state index contributed by atoms with van der Waals surface area (Å²) in [7, 11) is 7.21. The maximum atomic E-state index is 11.6. The molecule has 2 rings (SSSR count). The average Bonchev–Trinajstić information content (AvgIpc) is 2.90. The standard InChI is InChI=1S/C15H20N4O2/c1-18(2)12-7-5-11(6-8-12)13(17-15(20)21-4)14-16-9-10-19(14)3/h5-10,13H,1-4H3,(H,17,20). The molecule has 1 amide bonds. The predicted octanol–water partition coefficient (Wildman–Crippen LogP) is 1.93. The summed E-state index contributed by atoms with van der Waals surface area (Å²) in [4.78, 5) is 17.9. The van der Waals surface area contributed by atoms with Crippen LogP contribution in [0.2, 0.25) is 0 Å². The molecule has 21 heavy (non-hydrogen) atoms. The van der Waals surface area contributed by atoms with Crippen molar-refractivity contribution in [2.45, 2.75) is 6.04 Å². The van der Waals surface area contributed by atoms with Crippen molar-refractivity contribution in [2.75, 3.05) is 26.1 Å². The molecule has 0 radical (unpaired) electrons. The lowest BCUT2D eigenvalue weighted by Crippen LogP contribution is -2.30. The van der Waals surface area contributed by atoms with Crippen LogP contribution in [0.15, 0.2) is 36.7 Å². The van der Waals surface area contributed by atoms with Gasteiger partial charge in [0, 0.05) is 39.2 Å². The number of nitrogens with one attached hydrogen (secondary N) is 1. The van der Waals surface area contributed by atoms with Gasteiger partial charge in [0.1, 0.15) is 11.9 Å². The molecule has 0 aliphatic carbocycles. The second-order valence-electron chi connectivity index (χ2n) is 4.95. The summed E-state index contributed by atoms with van der Waals surface area (Å²) in [5.74, 6) is 0.748. The Morgan fingerprint density at radius 3 is 2.48 bits per heavy atom. The largest absolute Gasteiger partial charge is 0.453 e. The van der Waals surface area contributed by atoms with Crippen LogP contribution in [0.4, 0.5) is 10.5 Å². The number of hydrogen-bond donors (Lipinski definition) is 1. The van der Waals surface area contributed by atoms with Crippen LogP contribution in [0.1, 0.15) is 17.4 Å². The van der Waals surface area contributed by atoms with Gasteiger partial charge in [-0.3, -0.25) is 0 Å². The molecule has 0 saturated heterocycles. The average molecular weight is 288 g/mol. The Kier molecular flexibility index (Phi) is 4.47. The van der Waals surface area contributed by atoms with Crippen molar-refractivity contribution in [1.29, 1.82) is 0 Å². The number of alkyl carbamates (subject to hydrolysis) is 1. The molecule has 0 spiro atoms. The number of aromatic nitrogens is 2. The third-order valence-corrected chi connectivity index (χ3v) is 3.31. The third-order valence-electron chi connectivity index (χ3n) is 3.31. The van der Waals surface area contributed by atoms with Gasteiger partial charge in [-0.1, -0.05) is 12.1 Å². The van der Waals surface area contributed by atoms with Gasteiger partial charge in [0.15, 0.2) is 0 Å². The first kappa shape index (κ1) is 14.9. The number of amides is 1. The van der Waals surface area contributed by atoms with Crippen molar-refractivity contribution in [3.8, 4) is 0 Å². The fraction of sp³-hybridized carbons (Fsp3) is 0.333. The van der Waals surface area contributed by atoms with Crippen molar-refractivity contribution < 1.29 is 9.53 Å². The number of imidazole rings is 1. The third kappa shape index (κ3) is 3.34. The predicted molar refractivity (Wildman–Crippen MR) is 81.4 cm³/mol. The number of carbonyl (C=O) groups is 1. The zero-order valence-electron chi connectivity index (χ0n) is 12.7. The van der Waals surface area contributed by atoms with Crippen molar-refractivity contribution >= 4 is 11.8 Å². The summed E-state index contributed by atoms with van der Waals surface area (Å²) in [6.07, 6.45) is 3.06. The Balaban J connectivity index is 2.35. The second kappa shape index (κ2) is 6.30. The molecule has 0 aliphatic rings. The van der Waals surface area contributed by atoms with Crippen LogP contribution in [-0.4, -0.2) is 36.8 Å². The number of ether oxygens (including phenoxy) is 1. The molecular formula is C15H20N4O2. The molecule has 1 atom stereocenters. The van der Waals surface area contributed by atoms with Gasteiger partial charge in [-0.15, -0.1) is 0 Å². The lowest BCUT2D eigenvalue weighted by molar-refractivity contribution is 0.168. The van der Waals surface area contributed by atoms with E-state index in [0.29, 0.717) is 0 Å². The first-order valence-electron chi connectivity index (χ1n) is 6.62. The van der Waals surface area contributed by atoms with Gasteiger partial charge in [-0.05, 0) is 17.7 Å². The fourth-order valence-corrected chi connectivity index (χ4v) is 2.09. The highest BCUT2D eigenvalue weighted by atomic mass is 16.5. The van der Waals surface area contributed by atoms with Gasteiger partial charge in [0.25, 0.3) is 0 Å². The Morgan fingerprint density at radius 2 is 2.00 bits per heavy atom. The van der Waals surface area contributed by atoms with E-state index < -0.39 is 6.09 Å². The topological polar surface area (TPSA) is 59.4 Å². The van der Waals surface area contributed by atoms with Gasteiger partial charge in [-0.25, -0.2) is 9.78 Å². The van der Waals surface area contributed by atoms with E-state index in [-0.39, 0.29) is 6.04 Å². The quantitative estimate of drug-likeness (QED) is 0.934. The highest BCUT2D eigenvalue weighted by Gasteiger charge is 2.21. The summed E-state index contributed by atoms with van der Waals surface area (Å²) >= 11 is 0. The van der Waals surface area contributed by atoms with Gasteiger partial charge in [0.05, 0.1) is 7.11 Å². The number of benzene rings is 1. The van der Waals surface area contributed by atoms with Crippen LogP contribution < -0.4 is 10.2 Å². The van der Waals surface area contributed by atoms with Crippen molar-refractivity contribution in [3.05, 3.63) is 48.0 Å². The van der Waals surface area contributed by atoms with E-state index in [2.05, 4.69) is 10.3 Å². The number of anilines is 1. The van der Waals surface area contributed by atoms with E-state index in [4.69, 9.17) is 4.74 Å². The number of methoxy groups -OCH3 is 1. The molecule has 6 nitrogen and oxygen atoms in total. The summed E-state index contributed by atoms with van der Waals surface area (Å²) < 4.78 is 6.58. The normalized spacial score (nSPS) is 11.8. The maximum Gasteiger partial charge on any atom is 0.407 e. The number of aryl methyl sites for hydroxylation is 1. The molecule has 2 aromatic rings. The molecule has 1 N–H and O–H groups in total. The van der Waals surface area contributed by atoms with Crippen molar-refractivity contribution in [3.63, 3.8) is 0 Å². The van der Waals surface area contributed by atoms with Crippen LogP contribution in [-0.2, 0) is 11.8 Å². The molecule has 0 aliphatic heterocycles. The molecule has 1 aromatic carbocycles. The number of carbonyl (C=O) groups excluding carboxylic acids is 1. The molecule has 6 heteroatoms. The molecule has 0 saturated carbocycles. The Morgan fingerprint density at radius 1 is 1.33 bits per heavy atom. The first-order valence-corrected chi connectivity index (χ1v) is 6.62. The number of rotatable bonds is 4. The van der Waals surface area contributed by atoms with Crippen LogP contribution in [0.3, 0.4) is 0 Å². The van der Waals surface area contributed by atoms with E-state index >= 15 is 0 Å². The van der Waals surface area contributed by atoms with Crippen molar-refractivity contribution in [1.82, 2.24) is 14.9 Å². The van der Waals surface area contributed by atoms with Gasteiger partial charge in [-0.2, -0.15) is 0 Å². The van der Waals surface area contributed by atoms with E-state index in [1.165, 1.54) is 7.11 Å². The second-order valence-corrected chi connectivity index (χ2v) is 4.95. The molecular weight excluding hydrogens is 268 g/mol. The van der Waals surface area contributed by atoms with Crippen LogP contribution in [0, 0.1) is 0 Å².